The van der Waals surface area contributed by atoms with Crippen LogP contribution >= 0.6 is 0 Å². The van der Waals surface area contributed by atoms with Crippen molar-refractivity contribution in [3.63, 3.8) is 0 Å². The molecule has 0 spiro atoms. The fourth-order valence-electron chi connectivity index (χ4n) is 4.57. The third-order valence-corrected chi connectivity index (χ3v) is 6.60. The van der Waals surface area contributed by atoms with Gasteiger partial charge in [-0.3, -0.25) is 14.4 Å². The summed E-state index contributed by atoms with van der Waals surface area (Å²) in [4.78, 5) is 64.2. The van der Waals surface area contributed by atoms with Gasteiger partial charge in [0, 0.05) is 11.5 Å². The van der Waals surface area contributed by atoms with Crippen LogP contribution in [-0.4, -0.2) is 66.2 Å². The molecule has 1 heterocycles. The van der Waals surface area contributed by atoms with E-state index in [0.29, 0.717) is 12.8 Å². The molecule has 0 aromatic heterocycles. The first-order valence-electron chi connectivity index (χ1n) is 13.3. The fraction of sp³-hybridized carbons (Fsp3) is 0.815. The minimum atomic E-state index is -1.05. The van der Waals surface area contributed by atoms with E-state index < -0.39 is 64.5 Å². The Kier molecular flexibility index (Phi) is 9.83. The summed E-state index contributed by atoms with van der Waals surface area (Å²) in [6.45, 7) is 14.4. The number of nitrogens with one attached hydrogen (secondary N) is 4. The number of hydrogen-bond acceptors (Lipinski definition) is 7. The van der Waals surface area contributed by atoms with E-state index in [1.807, 2.05) is 13.8 Å². The zero-order valence-electron chi connectivity index (χ0n) is 24.3. The second kappa shape index (κ2) is 11.9. The lowest BCUT2D eigenvalue weighted by molar-refractivity contribution is -0.146. The van der Waals surface area contributed by atoms with E-state index in [4.69, 9.17) is 9.47 Å². The van der Waals surface area contributed by atoms with Crippen LogP contribution in [0, 0.1) is 17.3 Å². The van der Waals surface area contributed by atoms with Crippen LogP contribution in [0.1, 0.15) is 87.5 Å². The van der Waals surface area contributed by atoms with Crippen molar-refractivity contribution >= 4 is 29.8 Å². The van der Waals surface area contributed by atoms with E-state index in [1.165, 1.54) is 7.11 Å². The number of hydrogen-bond donors (Lipinski definition) is 4. The zero-order chi connectivity index (χ0) is 29.1. The van der Waals surface area contributed by atoms with Crippen molar-refractivity contribution in [1.29, 1.82) is 0 Å². The lowest BCUT2D eigenvalue weighted by Crippen LogP contribution is -2.59. The maximum atomic E-state index is 13.4. The first kappa shape index (κ1) is 31.4. The topological polar surface area (TPSA) is 152 Å². The van der Waals surface area contributed by atoms with Gasteiger partial charge >= 0.3 is 12.1 Å². The molecule has 4 amide bonds. The Balaban J connectivity index is 2.16. The van der Waals surface area contributed by atoms with Crippen LogP contribution in [0.3, 0.4) is 0 Å². The maximum absolute atomic E-state index is 13.4. The highest BCUT2D eigenvalue weighted by molar-refractivity contribution is 5.93. The van der Waals surface area contributed by atoms with E-state index in [9.17, 15) is 24.0 Å². The Labute approximate surface area is 225 Å². The van der Waals surface area contributed by atoms with Gasteiger partial charge in [0.25, 0.3) is 0 Å². The molecule has 1 aliphatic carbocycles. The Morgan fingerprint density at radius 3 is 1.97 bits per heavy atom. The average molecular weight is 539 g/mol. The highest BCUT2D eigenvalue weighted by Gasteiger charge is 2.42. The summed E-state index contributed by atoms with van der Waals surface area (Å²) in [6, 6.07) is -2.96. The molecule has 1 saturated heterocycles. The van der Waals surface area contributed by atoms with Crippen LogP contribution in [0.5, 0.6) is 0 Å². The van der Waals surface area contributed by atoms with Crippen LogP contribution in [-0.2, 0) is 28.7 Å². The molecule has 1 saturated carbocycles. The van der Waals surface area contributed by atoms with E-state index >= 15 is 0 Å². The lowest BCUT2D eigenvalue weighted by Gasteiger charge is -2.32. The molecule has 216 valence electrons. The molecule has 2 fully saturated rings. The number of rotatable bonds is 10. The van der Waals surface area contributed by atoms with Crippen LogP contribution in [0.4, 0.5) is 4.79 Å². The van der Waals surface area contributed by atoms with Crippen molar-refractivity contribution in [2.24, 2.45) is 17.3 Å². The van der Waals surface area contributed by atoms with Crippen molar-refractivity contribution in [3.8, 4) is 0 Å². The summed E-state index contributed by atoms with van der Waals surface area (Å²) < 4.78 is 10.2. The Bertz CT molecular complexity index is 915. The van der Waals surface area contributed by atoms with Crippen molar-refractivity contribution in [2.75, 3.05) is 7.11 Å². The molecule has 38 heavy (non-hydrogen) atoms. The fourth-order valence-corrected chi connectivity index (χ4v) is 4.57. The SMILES string of the molecule is COC(=O)[C@H](C[C@@H]1CC(C)(C)NC1=O)NC(=O)[C@H](CC1CC1)NC(=O)[C@@H](NC(=O)OC(C)(C)C)C(C)(C)C. The van der Waals surface area contributed by atoms with Gasteiger partial charge in [0.2, 0.25) is 17.7 Å². The molecule has 0 aromatic rings. The van der Waals surface area contributed by atoms with Crippen molar-refractivity contribution < 1.29 is 33.4 Å². The van der Waals surface area contributed by atoms with Gasteiger partial charge in [-0.25, -0.2) is 9.59 Å². The number of alkyl carbamates (subject to hydrolysis) is 1. The number of ether oxygens (including phenoxy) is 2. The normalized spacial score (nSPS) is 21.4. The highest BCUT2D eigenvalue weighted by atomic mass is 16.6. The number of carbonyl (C=O) groups is 5. The molecule has 11 nitrogen and oxygen atoms in total. The minimum Gasteiger partial charge on any atom is -0.467 e. The molecule has 0 unspecified atom stereocenters. The number of esters is 1. The predicted molar refractivity (Wildman–Crippen MR) is 141 cm³/mol. The van der Waals surface area contributed by atoms with Crippen molar-refractivity contribution in [3.05, 3.63) is 0 Å². The van der Waals surface area contributed by atoms with Crippen LogP contribution in [0.15, 0.2) is 0 Å². The van der Waals surface area contributed by atoms with Crippen molar-refractivity contribution in [2.45, 2.75) is 117 Å². The standard InChI is InChI=1S/C27H46N4O7/c1-25(2,3)19(30-24(36)38-26(4,5)6)22(34)28-17(12-15-10-11-15)21(33)29-18(23(35)37-9)13-16-14-27(7,8)31-20(16)32/h15-19H,10-14H2,1-9H3,(H,28,34)(H,29,33)(H,30,36)(H,31,32)/t16-,17+,18+,19-/m1/s1. The largest absolute Gasteiger partial charge is 0.467 e. The lowest BCUT2D eigenvalue weighted by atomic mass is 9.86. The first-order valence-corrected chi connectivity index (χ1v) is 13.3. The third kappa shape index (κ3) is 9.79. The van der Waals surface area contributed by atoms with Crippen molar-refractivity contribution in [1.82, 2.24) is 21.3 Å². The van der Waals surface area contributed by atoms with Gasteiger partial charge in [-0.2, -0.15) is 0 Å². The predicted octanol–water partition coefficient (Wildman–Crippen LogP) is 2.17. The average Bonchev–Trinajstić information content (AvgIpc) is 3.52. The van der Waals surface area contributed by atoms with Gasteiger partial charge in [0.05, 0.1) is 7.11 Å². The quantitative estimate of drug-likeness (QED) is 0.311. The molecular formula is C27H46N4O7. The van der Waals surface area contributed by atoms with Crippen LogP contribution in [0.2, 0.25) is 0 Å². The summed E-state index contributed by atoms with van der Waals surface area (Å²) >= 11 is 0. The van der Waals surface area contributed by atoms with E-state index in [-0.39, 0.29) is 18.2 Å². The minimum absolute atomic E-state index is 0.0859. The molecule has 0 aromatic carbocycles. The molecule has 4 atom stereocenters. The van der Waals surface area contributed by atoms with Crippen LogP contribution < -0.4 is 21.3 Å². The van der Waals surface area contributed by atoms with Gasteiger partial charge in [-0.1, -0.05) is 33.6 Å². The second-order valence-corrected chi connectivity index (χ2v) is 13.3. The van der Waals surface area contributed by atoms with Crippen LogP contribution in [0.25, 0.3) is 0 Å². The monoisotopic (exact) mass is 538 g/mol. The molecule has 11 heteroatoms. The van der Waals surface area contributed by atoms with Gasteiger partial charge in [-0.05, 0) is 65.2 Å². The Morgan fingerprint density at radius 2 is 1.53 bits per heavy atom. The van der Waals surface area contributed by atoms with E-state index in [2.05, 4.69) is 21.3 Å². The summed E-state index contributed by atoms with van der Waals surface area (Å²) in [6.07, 6.45) is 2.14. The number of methoxy groups -OCH3 is 1. The summed E-state index contributed by atoms with van der Waals surface area (Å²) in [7, 11) is 1.22. The van der Waals surface area contributed by atoms with E-state index in [1.54, 1.807) is 41.5 Å². The first-order chi connectivity index (χ1) is 17.3. The summed E-state index contributed by atoms with van der Waals surface area (Å²) in [5.74, 6) is -2.10. The van der Waals surface area contributed by atoms with Gasteiger partial charge in [0.15, 0.2) is 0 Å². The number of carbonyl (C=O) groups excluding carboxylic acids is 5. The molecular weight excluding hydrogens is 492 g/mol. The third-order valence-electron chi connectivity index (χ3n) is 6.60. The Hall–Kier alpha value is -2.85. The van der Waals surface area contributed by atoms with E-state index in [0.717, 1.165) is 12.8 Å². The summed E-state index contributed by atoms with van der Waals surface area (Å²) in [5, 5.41) is 11.0. The summed E-state index contributed by atoms with van der Waals surface area (Å²) in [5.41, 5.74) is -1.83. The molecule has 1 aliphatic heterocycles. The Morgan fingerprint density at radius 1 is 0.947 bits per heavy atom. The second-order valence-electron chi connectivity index (χ2n) is 13.3. The smallest absolute Gasteiger partial charge is 0.408 e. The molecule has 0 bridgehead atoms. The molecule has 2 rings (SSSR count). The van der Waals surface area contributed by atoms with Gasteiger partial charge < -0.3 is 30.7 Å². The molecule has 2 aliphatic rings. The van der Waals surface area contributed by atoms with Gasteiger partial charge in [-0.15, -0.1) is 0 Å². The van der Waals surface area contributed by atoms with Gasteiger partial charge in [0.1, 0.15) is 23.7 Å². The molecule has 4 N–H and O–H groups in total. The highest BCUT2D eigenvalue weighted by Crippen LogP contribution is 2.34. The maximum Gasteiger partial charge on any atom is 0.408 e. The molecule has 0 radical (unpaired) electrons. The zero-order valence-corrected chi connectivity index (χ0v) is 24.3. The number of amides is 4.